The van der Waals surface area contributed by atoms with E-state index in [4.69, 9.17) is 0 Å². The van der Waals surface area contributed by atoms with Gasteiger partial charge in [-0.05, 0) is 53.8 Å². The fraction of sp³-hybridized carbons (Fsp3) is 0.538. The molecule has 2 atom stereocenters. The summed E-state index contributed by atoms with van der Waals surface area (Å²) in [4.78, 5) is 10.5. The minimum atomic E-state index is -0.336. The smallest absolute Gasteiger partial charge is 0.282 e. The molecule has 1 N–H and O–H groups in total. The second-order valence-electron chi connectivity index (χ2n) is 4.73. The van der Waals surface area contributed by atoms with E-state index in [1.54, 1.807) is 6.07 Å². The number of hydrogen-bond donors (Lipinski definition) is 1. The summed E-state index contributed by atoms with van der Waals surface area (Å²) in [6, 6.07) is 5.74. The van der Waals surface area contributed by atoms with E-state index >= 15 is 0 Å². The van der Waals surface area contributed by atoms with Gasteiger partial charge < -0.3 is 5.32 Å². The van der Waals surface area contributed by atoms with E-state index in [0.29, 0.717) is 14.9 Å². The molecule has 0 radical (unpaired) electrons. The van der Waals surface area contributed by atoms with E-state index in [1.165, 1.54) is 25.7 Å². The molecule has 2 unspecified atom stereocenters. The highest BCUT2D eigenvalue weighted by molar-refractivity contribution is 14.1. The van der Waals surface area contributed by atoms with Gasteiger partial charge in [0.05, 0.1) is 8.49 Å². The highest BCUT2D eigenvalue weighted by atomic mass is 127. The summed E-state index contributed by atoms with van der Waals surface area (Å²) in [6.45, 7) is 0. The monoisotopic (exact) mass is 392 g/mol. The molecule has 19 heavy (non-hydrogen) atoms. The second kappa shape index (κ2) is 6.78. The molecule has 0 bridgehead atoms. The summed E-state index contributed by atoms with van der Waals surface area (Å²) in [5.41, 5.74) is 1.16. The average molecular weight is 392 g/mol. The summed E-state index contributed by atoms with van der Waals surface area (Å²) >= 11 is 3.94. The van der Waals surface area contributed by atoms with Crippen molar-refractivity contribution in [1.29, 1.82) is 0 Å². The van der Waals surface area contributed by atoms with Crippen LogP contribution in [0.15, 0.2) is 18.2 Å². The van der Waals surface area contributed by atoms with Gasteiger partial charge in [-0.1, -0.05) is 12.8 Å². The van der Waals surface area contributed by atoms with Gasteiger partial charge in [0.15, 0.2) is 0 Å². The van der Waals surface area contributed by atoms with E-state index < -0.39 is 0 Å². The van der Waals surface area contributed by atoms with Crippen LogP contribution in [0.4, 0.5) is 11.4 Å². The van der Waals surface area contributed by atoms with Gasteiger partial charge in [-0.25, -0.2) is 0 Å². The first-order valence-corrected chi connectivity index (χ1v) is 8.71. The number of benzene rings is 1. The Kier molecular flexibility index (Phi) is 5.32. The van der Waals surface area contributed by atoms with Crippen LogP contribution in [0.3, 0.4) is 0 Å². The number of nitro groups is 1. The lowest BCUT2D eigenvalue weighted by Crippen LogP contribution is -2.34. The largest absolute Gasteiger partial charge is 0.381 e. The Hall–Kier alpha value is -0.500. The molecule has 4 nitrogen and oxygen atoms in total. The van der Waals surface area contributed by atoms with Gasteiger partial charge in [0.2, 0.25) is 0 Å². The number of nitro benzene ring substituents is 1. The summed E-state index contributed by atoms with van der Waals surface area (Å²) < 4.78 is 0.684. The predicted molar refractivity (Wildman–Crippen MR) is 89.0 cm³/mol. The molecule has 1 aliphatic carbocycles. The predicted octanol–water partition coefficient (Wildman–Crippen LogP) is 4.29. The molecule has 104 valence electrons. The number of nitrogens with one attached hydrogen (secondary N) is 1. The van der Waals surface area contributed by atoms with Crippen molar-refractivity contribution in [2.24, 2.45) is 0 Å². The maximum atomic E-state index is 10.8. The zero-order valence-electron chi connectivity index (χ0n) is 10.8. The number of hydrogen-bond acceptors (Lipinski definition) is 4. The number of rotatable bonds is 4. The highest BCUT2D eigenvalue weighted by Gasteiger charge is 2.24. The SMILES string of the molecule is CSC1CCCCC1Nc1ccc([N+](=O)[O-])c(I)c1. The number of anilines is 1. The summed E-state index contributed by atoms with van der Waals surface area (Å²) in [7, 11) is 0. The minimum Gasteiger partial charge on any atom is -0.381 e. The molecule has 0 aliphatic heterocycles. The fourth-order valence-corrected chi connectivity index (χ4v) is 4.15. The van der Waals surface area contributed by atoms with Crippen LogP contribution in [0, 0.1) is 13.7 Å². The lowest BCUT2D eigenvalue weighted by atomic mass is 9.94. The Bertz CT molecular complexity index is 470. The van der Waals surface area contributed by atoms with Crippen LogP contribution >= 0.6 is 34.4 Å². The van der Waals surface area contributed by atoms with E-state index in [0.717, 1.165) is 5.69 Å². The molecule has 0 aromatic heterocycles. The van der Waals surface area contributed by atoms with Crippen molar-refractivity contribution in [3.05, 3.63) is 31.9 Å². The van der Waals surface area contributed by atoms with Gasteiger partial charge in [0.25, 0.3) is 5.69 Å². The van der Waals surface area contributed by atoms with Crippen LogP contribution in [0.25, 0.3) is 0 Å². The van der Waals surface area contributed by atoms with E-state index in [1.807, 2.05) is 46.5 Å². The third kappa shape index (κ3) is 3.75. The molecule has 1 saturated carbocycles. The Morgan fingerprint density at radius 2 is 2.16 bits per heavy atom. The van der Waals surface area contributed by atoms with Gasteiger partial charge >= 0.3 is 0 Å². The normalized spacial score (nSPS) is 23.1. The van der Waals surface area contributed by atoms with Crippen molar-refractivity contribution in [3.8, 4) is 0 Å². The Morgan fingerprint density at radius 1 is 1.42 bits per heavy atom. The first-order valence-electron chi connectivity index (χ1n) is 6.35. The van der Waals surface area contributed by atoms with Crippen molar-refractivity contribution >= 4 is 45.7 Å². The Balaban J connectivity index is 2.10. The fourth-order valence-electron chi connectivity index (χ4n) is 2.50. The van der Waals surface area contributed by atoms with Gasteiger partial charge in [-0.3, -0.25) is 10.1 Å². The van der Waals surface area contributed by atoms with Crippen molar-refractivity contribution in [2.75, 3.05) is 11.6 Å². The van der Waals surface area contributed by atoms with Crippen LogP contribution in [0.5, 0.6) is 0 Å². The molecule has 0 amide bonds. The Labute approximate surface area is 131 Å². The van der Waals surface area contributed by atoms with E-state index in [-0.39, 0.29) is 10.6 Å². The molecular weight excluding hydrogens is 375 g/mol. The van der Waals surface area contributed by atoms with Crippen LogP contribution in [0.1, 0.15) is 25.7 Å². The molecule has 2 rings (SSSR count). The zero-order chi connectivity index (χ0) is 13.8. The van der Waals surface area contributed by atoms with Gasteiger partial charge in [-0.2, -0.15) is 11.8 Å². The van der Waals surface area contributed by atoms with E-state index in [2.05, 4.69) is 11.6 Å². The van der Waals surface area contributed by atoms with E-state index in [9.17, 15) is 10.1 Å². The highest BCUT2D eigenvalue weighted by Crippen LogP contribution is 2.31. The summed E-state index contributed by atoms with van der Waals surface area (Å²) in [5, 5.41) is 15.0. The molecule has 0 heterocycles. The molecule has 6 heteroatoms. The van der Waals surface area contributed by atoms with Crippen LogP contribution in [-0.4, -0.2) is 22.5 Å². The third-order valence-corrected chi connectivity index (χ3v) is 5.54. The third-order valence-electron chi connectivity index (χ3n) is 3.50. The average Bonchev–Trinajstić information content (AvgIpc) is 2.39. The maximum Gasteiger partial charge on any atom is 0.282 e. The van der Waals surface area contributed by atoms with Crippen molar-refractivity contribution in [3.63, 3.8) is 0 Å². The summed E-state index contributed by atoms with van der Waals surface area (Å²) in [5.74, 6) is 0. The maximum absolute atomic E-state index is 10.8. The van der Waals surface area contributed by atoms with Crippen LogP contribution in [-0.2, 0) is 0 Å². The number of thioether (sulfide) groups is 1. The minimum absolute atomic E-state index is 0.177. The number of halogens is 1. The second-order valence-corrected chi connectivity index (χ2v) is 6.97. The molecule has 1 aromatic carbocycles. The molecule has 1 aromatic rings. The van der Waals surface area contributed by atoms with Crippen LogP contribution in [0.2, 0.25) is 0 Å². The first kappa shape index (κ1) is 14.9. The lowest BCUT2D eigenvalue weighted by Gasteiger charge is -2.31. The standard InChI is InChI=1S/C13H17IN2O2S/c1-19-13-5-3-2-4-11(13)15-9-6-7-12(16(17)18)10(14)8-9/h6-8,11,13,15H,2-5H2,1H3. The van der Waals surface area contributed by atoms with Gasteiger partial charge in [0, 0.05) is 23.0 Å². The Morgan fingerprint density at radius 3 is 2.79 bits per heavy atom. The van der Waals surface area contributed by atoms with Crippen molar-refractivity contribution in [2.45, 2.75) is 37.0 Å². The van der Waals surface area contributed by atoms with Gasteiger partial charge in [0.1, 0.15) is 0 Å². The zero-order valence-corrected chi connectivity index (χ0v) is 13.7. The number of nitrogens with zero attached hydrogens (tertiary/aromatic N) is 1. The topological polar surface area (TPSA) is 55.2 Å². The molecule has 1 aliphatic rings. The molecule has 0 spiro atoms. The first-order chi connectivity index (χ1) is 9.11. The van der Waals surface area contributed by atoms with Crippen LogP contribution < -0.4 is 5.32 Å². The molecule has 1 fully saturated rings. The molecular formula is C13H17IN2O2S. The lowest BCUT2D eigenvalue weighted by molar-refractivity contribution is -0.385. The van der Waals surface area contributed by atoms with Crippen molar-refractivity contribution in [1.82, 2.24) is 0 Å². The quantitative estimate of drug-likeness (QED) is 0.472. The van der Waals surface area contributed by atoms with Gasteiger partial charge in [-0.15, -0.1) is 0 Å². The molecule has 0 saturated heterocycles. The van der Waals surface area contributed by atoms with Crippen molar-refractivity contribution < 1.29 is 4.92 Å². The summed E-state index contributed by atoms with van der Waals surface area (Å²) in [6.07, 6.45) is 7.16.